The van der Waals surface area contributed by atoms with Crippen LogP contribution in [0.1, 0.15) is 0 Å². The SMILES string of the molecule is [CH]1N2CC3CN1CN(C3)C2. The molecule has 4 rings (SSSR count). The summed E-state index contributed by atoms with van der Waals surface area (Å²) >= 11 is 0. The van der Waals surface area contributed by atoms with E-state index in [2.05, 4.69) is 21.4 Å². The quantitative estimate of drug-likeness (QED) is 0.450. The van der Waals surface area contributed by atoms with E-state index in [0.29, 0.717) is 0 Å². The molecule has 0 aliphatic carbocycles. The number of nitrogens with zero attached hydrogens (tertiary/aromatic N) is 3. The van der Waals surface area contributed by atoms with Crippen LogP contribution in [0.4, 0.5) is 0 Å². The standard InChI is InChI=1S/C7H12N3/c1-7-2-9-4-8(1)5-10(3-7)6-9/h4,7H,1-3,5-6H2. The predicted octanol–water partition coefficient (Wildman–Crippen LogP) is -0.416. The highest BCUT2D eigenvalue weighted by molar-refractivity contribution is 4.92. The summed E-state index contributed by atoms with van der Waals surface area (Å²) in [7, 11) is 0. The highest BCUT2D eigenvalue weighted by atomic mass is 15.5. The van der Waals surface area contributed by atoms with Gasteiger partial charge in [-0.1, -0.05) is 0 Å². The lowest BCUT2D eigenvalue weighted by molar-refractivity contribution is -0.0964. The maximum absolute atomic E-state index is 2.51. The fourth-order valence-electron chi connectivity index (χ4n) is 2.39. The highest BCUT2D eigenvalue weighted by Crippen LogP contribution is 2.27. The first-order valence-electron chi connectivity index (χ1n) is 3.95. The normalized spacial score (nSPS) is 57.6. The van der Waals surface area contributed by atoms with Gasteiger partial charge >= 0.3 is 0 Å². The molecule has 4 saturated heterocycles. The molecule has 3 heteroatoms. The zero-order valence-corrected chi connectivity index (χ0v) is 6.03. The fraction of sp³-hybridized carbons (Fsp3) is 0.857. The van der Waals surface area contributed by atoms with Gasteiger partial charge in [0.05, 0.1) is 20.0 Å². The number of hydrogen-bond donors (Lipinski definition) is 0. The molecule has 1 radical (unpaired) electrons. The summed E-state index contributed by atoms with van der Waals surface area (Å²) in [6.45, 7) is 8.56. The van der Waals surface area contributed by atoms with Crippen LogP contribution < -0.4 is 0 Å². The minimum atomic E-state index is 0.924. The highest BCUT2D eigenvalue weighted by Gasteiger charge is 2.38. The number of hydrogen-bond acceptors (Lipinski definition) is 3. The van der Waals surface area contributed by atoms with Gasteiger partial charge in [0.25, 0.3) is 0 Å². The lowest BCUT2D eigenvalue weighted by Crippen LogP contribution is -2.65. The molecule has 4 aliphatic rings. The smallest absolute Gasteiger partial charge is 0.0942 e. The molecule has 0 amide bonds. The van der Waals surface area contributed by atoms with Crippen LogP contribution in [0, 0.1) is 12.6 Å². The monoisotopic (exact) mass is 138 g/mol. The van der Waals surface area contributed by atoms with E-state index in [1.807, 2.05) is 0 Å². The van der Waals surface area contributed by atoms with E-state index in [9.17, 15) is 0 Å². The Labute approximate surface area is 61.2 Å². The van der Waals surface area contributed by atoms with E-state index in [1.54, 1.807) is 0 Å². The van der Waals surface area contributed by atoms with Gasteiger partial charge in [-0.15, -0.1) is 0 Å². The van der Waals surface area contributed by atoms with Gasteiger partial charge in [-0.2, -0.15) is 0 Å². The van der Waals surface area contributed by atoms with Crippen LogP contribution in [0.25, 0.3) is 0 Å². The molecule has 0 N–H and O–H groups in total. The summed E-state index contributed by atoms with van der Waals surface area (Å²) in [6, 6.07) is 0. The number of rotatable bonds is 0. The summed E-state index contributed by atoms with van der Waals surface area (Å²) in [6.07, 6.45) is 0. The summed E-state index contributed by atoms with van der Waals surface area (Å²) in [5.74, 6) is 0.924. The Bertz CT molecular complexity index is 100. The average Bonchev–Trinajstić information content (AvgIpc) is 1.82. The summed E-state index contributed by atoms with van der Waals surface area (Å²) in [5.41, 5.74) is 0. The Morgan fingerprint density at radius 3 is 2.20 bits per heavy atom. The minimum absolute atomic E-state index is 0.924. The molecule has 4 heterocycles. The van der Waals surface area contributed by atoms with Gasteiger partial charge in [-0.25, -0.2) is 0 Å². The summed E-state index contributed by atoms with van der Waals surface area (Å²) < 4.78 is 0. The van der Waals surface area contributed by atoms with E-state index >= 15 is 0 Å². The van der Waals surface area contributed by atoms with Gasteiger partial charge in [0.15, 0.2) is 0 Å². The van der Waals surface area contributed by atoms with Crippen molar-refractivity contribution >= 4 is 0 Å². The van der Waals surface area contributed by atoms with Crippen LogP contribution >= 0.6 is 0 Å². The molecule has 0 aromatic carbocycles. The molecule has 0 saturated carbocycles. The van der Waals surface area contributed by atoms with Crippen molar-refractivity contribution in [2.24, 2.45) is 5.92 Å². The maximum atomic E-state index is 2.51. The molecule has 0 spiro atoms. The first-order valence-corrected chi connectivity index (χ1v) is 3.95. The first-order chi connectivity index (χ1) is 4.90. The topological polar surface area (TPSA) is 9.72 Å². The average molecular weight is 138 g/mol. The van der Waals surface area contributed by atoms with Crippen molar-refractivity contribution in [3.05, 3.63) is 6.67 Å². The molecule has 4 fully saturated rings. The molecule has 0 aromatic rings. The van der Waals surface area contributed by atoms with Gasteiger partial charge in [0, 0.05) is 19.6 Å². The third-order valence-electron chi connectivity index (χ3n) is 2.59. The summed E-state index contributed by atoms with van der Waals surface area (Å²) in [4.78, 5) is 7.35. The fourth-order valence-corrected chi connectivity index (χ4v) is 2.39. The first kappa shape index (κ1) is 5.52. The predicted molar refractivity (Wildman–Crippen MR) is 37.6 cm³/mol. The van der Waals surface area contributed by atoms with Gasteiger partial charge in [-0.3, -0.25) is 14.7 Å². The zero-order valence-electron chi connectivity index (χ0n) is 6.03. The van der Waals surface area contributed by atoms with Crippen LogP contribution in [-0.2, 0) is 0 Å². The Morgan fingerprint density at radius 2 is 1.70 bits per heavy atom. The Balaban J connectivity index is 1.90. The van der Waals surface area contributed by atoms with E-state index in [-0.39, 0.29) is 0 Å². The second kappa shape index (κ2) is 1.72. The van der Waals surface area contributed by atoms with Crippen molar-refractivity contribution in [2.75, 3.05) is 33.0 Å². The second-order valence-corrected chi connectivity index (χ2v) is 3.66. The third kappa shape index (κ3) is 0.654. The molecule has 2 atom stereocenters. The van der Waals surface area contributed by atoms with Gasteiger partial charge < -0.3 is 0 Å². The van der Waals surface area contributed by atoms with E-state index in [4.69, 9.17) is 0 Å². The van der Waals surface area contributed by atoms with Crippen molar-refractivity contribution in [3.8, 4) is 0 Å². The molecular weight excluding hydrogens is 126 g/mol. The Hall–Kier alpha value is -0.120. The molecule has 4 aliphatic heterocycles. The zero-order chi connectivity index (χ0) is 6.55. The van der Waals surface area contributed by atoms with Gasteiger partial charge in [0.2, 0.25) is 0 Å². The van der Waals surface area contributed by atoms with Crippen LogP contribution in [0.3, 0.4) is 0 Å². The Morgan fingerprint density at radius 1 is 1.00 bits per heavy atom. The minimum Gasteiger partial charge on any atom is -0.277 e. The van der Waals surface area contributed by atoms with Crippen LogP contribution in [0.15, 0.2) is 0 Å². The molecule has 4 bridgehead atoms. The molecular formula is C7H12N3. The molecule has 3 nitrogen and oxygen atoms in total. The molecule has 2 unspecified atom stereocenters. The van der Waals surface area contributed by atoms with Crippen molar-refractivity contribution in [1.82, 2.24) is 14.7 Å². The van der Waals surface area contributed by atoms with Crippen LogP contribution in [0.5, 0.6) is 0 Å². The maximum Gasteiger partial charge on any atom is 0.0942 e. The largest absolute Gasteiger partial charge is 0.277 e. The van der Waals surface area contributed by atoms with Crippen molar-refractivity contribution < 1.29 is 0 Å². The van der Waals surface area contributed by atoms with Gasteiger partial charge in [-0.05, 0) is 5.92 Å². The molecule has 55 valence electrons. The Kier molecular flexibility index (Phi) is 0.952. The third-order valence-corrected chi connectivity index (χ3v) is 2.59. The summed E-state index contributed by atoms with van der Waals surface area (Å²) in [5, 5.41) is 0. The van der Waals surface area contributed by atoms with E-state index < -0.39 is 0 Å². The van der Waals surface area contributed by atoms with Crippen molar-refractivity contribution in [1.29, 1.82) is 0 Å². The van der Waals surface area contributed by atoms with Crippen molar-refractivity contribution in [3.63, 3.8) is 0 Å². The van der Waals surface area contributed by atoms with E-state index in [1.165, 1.54) is 33.0 Å². The van der Waals surface area contributed by atoms with Crippen LogP contribution in [0.2, 0.25) is 0 Å². The molecule has 0 aromatic heterocycles. The molecule has 10 heavy (non-hydrogen) atoms. The van der Waals surface area contributed by atoms with Crippen LogP contribution in [-0.4, -0.2) is 47.7 Å². The van der Waals surface area contributed by atoms with Gasteiger partial charge in [0.1, 0.15) is 0 Å². The van der Waals surface area contributed by atoms with E-state index in [0.717, 1.165) is 5.92 Å². The van der Waals surface area contributed by atoms with Crippen molar-refractivity contribution in [2.45, 2.75) is 0 Å². The second-order valence-electron chi connectivity index (χ2n) is 3.66. The lowest BCUT2D eigenvalue weighted by atomic mass is 10.0. The lowest BCUT2D eigenvalue weighted by Gasteiger charge is -2.54.